The molecule has 0 spiro atoms. The highest BCUT2D eigenvalue weighted by Crippen LogP contribution is 2.22. The maximum Gasteiger partial charge on any atom is 0.264 e. The molecule has 0 aromatic carbocycles. The summed E-state index contributed by atoms with van der Waals surface area (Å²) in [5, 5.41) is 2.52. The van der Waals surface area contributed by atoms with Crippen molar-refractivity contribution in [3.05, 3.63) is 12.5 Å². The lowest BCUT2D eigenvalue weighted by atomic mass is 10.2. The van der Waals surface area contributed by atoms with E-state index in [-0.39, 0.29) is 11.5 Å². The van der Waals surface area contributed by atoms with Crippen LogP contribution in [0.2, 0.25) is 0 Å². The lowest BCUT2D eigenvalue weighted by molar-refractivity contribution is 0.00691. The van der Waals surface area contributed by atoms with Crippen LogP contribution in [0.1, 0.15) is 13.8 Å². The molecule has 0 saturated carbocycles. The maximum atomic E-state index is 12.8. The van der Waals surface area contributed by atoms with E-state index in [0.29, 0.717) is 0 Å². The number of halogens is 2. The third-order valence-corrected chi connectivity index (χ3v) is 1.85. The van der Waals surface area contributed by atoms with Crippen molar-refractivity contribution in [3.8, 4) is 0 Å². The number of aromatic nitrogens is 2. The van der Waals surface area contributed by atoms with Gasteiger partial charge in [-0.3, -0.25) is 0 Å². The normalized spacial score (nSPS) is 13.7. The third kappa shape index (κ3) is 2.51. The van der Waals surface area contributed by atoms with Crippen molar-refractivity contribution in [2.24, 2.45) is 0 Å². The Labute approximate surface area is 80.6 Å². The quantitative estimate of drug-likeness (QED) is 0.779. The molecule has 4 nitrogen and oxygen atoms in total. The monoisotopic (exact) mass is 202 g/mol. The van der Waals surface area contributed by atoms with Crippen LogP contribution in [-0.2, 0) is 0 Å². The maximum absolute atomic E-state index is 12.8. The van der Waals surface area contributed by atoms with Crippen LogP contribution < -0.4 is 11.1 Å². The number of alkyl halides is 2. The number of hydrogen-bond donors (Lipinski definition) is 2. The predicted octanol–water partition coefficient (Wildman–Crippen LogP) is 1.51. The van der Waals surface area contributed by atoms with E-state index in [2.05, 4.69) is 15.3 Å². The number of nitrogens with one attached hydrogen (secondary N) is 1. The van der Waals surface area contributed by atoms with Crippen LogP contribution >= 0.6 is 0 Å². The van der Waals surface area contributed by atoms with Crippen LogP contribution in [0.4, 0.5) is 20.3 Å². The fraction of sp³-hybridized carbons (Fsp3) is 0.500. The molecule has 0 amide bonds. The van der Waals surface area contributed by atoms with Gasteiger partial charge in [-0.05, 0) is 6.92 Å². The summed E-state index contributed by atoms with van der Waals surface area (Å²) in [7, 11) is 0. The van der Waals surface area contributed by atoms with Crippen LogP contribution in [-0.4, -0.2) is 21.9 Å². The second-order valence-electron chi connectivity index (χ2n) is 3.15. The van der Waals surface area contributed by atoms with Gasteiger partial charge in [0.05, 0.1) is 17.9 Å². The Morgan fingerprint density at radius 1 is 1.57 bits per heavy atom. The van der Waals surface area contributed by atoms with E-state index >= 15 is 0 Å². The molecule has 78 valence electrons. The number of nitrogens with zero attached hydrogens (tertiary/aromatic N) is 2. The average molecular weight is 202 g/mol. The molecule has 1 unspecified atom stereocenters. The largest absolute Gasteiger partial charge is 0.394 e. The second-order valence-corrected chi connectivity index (χ2v) is 3.15. The van der Waals surface area contributed by atoms with Crippen molar-refractivity contribution in [2.45, 2.75) is 25.8 Å². The summed E-state index contributed by atoms with van der Waals surface area (Å²) in [6.07, 6.45) is 2.61. The predicted molar refractivity (Wildman–Crippen MR) is 50.2 cm³/mol. The topological polar surface area (TPSA) is 63.8 Å². The molecule has 0 aliphatic carbocycles. The van der Waals surface area contributed by atoms with Gasteiger partial charge < -0.3 is 11.1 Å². The summed E-state index contributed by atoms with van der Waals surface area (Å²) >= 11 is 0. The van der Waals surface area contributed by atoms with E-state index in [1.165, 1.54) is 19.4 Å². The first-order valence-electron chi connectivity index (χ1n) is 4.11. The van der Waals surface area contributed by atoms with Crippen molar-refractivity contribution in [2.75, 3.05) is 11.1 Å². The fourth-order valence-electron chi connectivity index (χ4n) is 0.793. The van der Waals surface area contributed by atoms with Gasteiger partial charge in [0.25, 0.3) is 5.92 Å². The Bertz CT molecular complexity index is 310. The molecule has 0 radical (unpaired) electrons. The number of anilines is 2. The van der Waals surface area contributed by atoms with E-state index in [4.69, 9.17) is 5.73 Å². The molecule has 0 aliphatic rings. The standard InChI is InChI=1S/C8H12F2N4/c1-5(8(2,9)10)14-7-6(11)3-12-4-13-7/h3-5H,11H2,1-2H3,(H,12,13,14). The Morgan fingerprint density at radius 2 is 2.21 bits per heavy atom. The van der Waals surface area contributed by atoms with Gasteiger partial charge in [-0.2, -0.15) is 0 Å². The van der Waals surface area contributed by atoms with Crippen molar-refractivity contribution in [1.82, 2.24) is 9.97 Å². The summed E-state index contributed by atoms with van der Waals surface area (Å²) in [5.41, 5.74) is 5.73. The van der Waals surface area contributed by atoms with Crippen LogP contribution in [0.15, 0.2) is 12.5 Å². The Hall–Kier alpha value is -1.46. The molecule has 1 aromatic heterocycles. The number of hydrogen-bond acceptors (Lipinski definition) is 4. The highest BCUT2D eigenvalue weighted by atomic mass is 19.3. The average Bonchev–Trinajstić information content (AvgIpc) is 2.07. The van der Waals surface area contributed by atoms with Crippen LogP contribution in [0, 0.1) is 0 Å². The van der Waals surface area contributed by atoms with E-state index < -0.39 is 12.0 Å². The van der Waals surface area contributed by atoms with Crippen molar-refractivity contribution in [1.29, 1.82) is 0 Å². The zero-order valence-electron chi connectivity index (χ0n) is 7.96. The summed E-state index contributed by atoms with van der Waals surface area (Å²) < 4.78 is 25.6. The van der Waals surface area contributed by atoms with Crippen molar-refractivity contribution < 1.29 is 8.78 Å². The molecular formula is C8H12F2N4. The molecule has 1 atom stereocenters. The van der Waals surface area contributed by atoms with Gasteiger partial charge in [0.1, 0.15) is 6.33 Å². The van der Waals surface area contributed by atoms with E-state index in [1.807, 2.05) is 0 Å². The van der Waals surface area contributed by atoms with Gasteiger partial charge in [-0.1, -0.05) is 0 Å². The third-order valence-electron chi connectivity index (χ3n) is 1.85. The van der Waals surface area contributed by atoms with Crippen LogP contribution in [0.5, 0.6) is 0 Å². The first-order chi connectivity index (χ1) is 6.41. The second kappa shape index (κ2) is 3.73. The summed E-state index contributed by atoms with van der Waals surface area (Å²) in [4.78, 5) is 7.40. The molecule has 14 heavy (non-hydrogen) atoms. The van der Waals surface area contributed by atoms with Crippen molar-refractivity contribution in [3.63, 3.8) is 0 Å². The highest BCUT2D eigenvalue weighted by molar-refractivity contribution is 5.59. The first kappa shape index (κ1) is 10.6. The van der Waals surface area contributed by atoms with Gasteiger partial charge in [0.15, 0.2) is 5.82 Å². The summed E-state index contributed by atoms with van der Waals surface area (Å²) in [6, 6.07) is -1.03. The Balaban J connectivity index is 2.75. The fourth-order valence-corrected chi connectivity index (χ4v) is 0.793. The molecule has 0 bridgehead atoms. The SMILES string of the molecule is CC(Nc1ncncc1N)C(C)(F)F. The minimum absolute atomic E-state index is 0.231. The molecule has 1 aromatic rings. The molecular weight excluding hydrogens is 190 g/mol. The zero-order valence-corrected chi connectivity index (χ0v) is 7.96. The van der Waals surface area contributed by atoms with Gasteiger partial charge >= 0.3 is 0 Å². The summed E-state index contributed by atoms with van der Waals surface area (Å²) in [6.45, 7) is 2.20. The van der Waals surface area contributed by atoms with Gasteiger partial charge in [0.2, 0.25) is 0 Å². The van der Waals surface area contributed by atoms with E-state index in [1.54, 1.807) is 0 Å². The molecule has 0 aliphatic heterocycles. The Morgan fingerprint density at radius 3 is 2.71 bits per heavy atom. The van der Waals surface area contributed by atoms with Gasteiger partial charge in [-0.15, -0.1) is 0 Å². The lowest BCUT2D eigenvalue weighted by Gasteiger charge is -2.21. The summed E-state index contributed by atoms with van der Waals surface area (Å²) in [5.74, 6) is -2.59. The number of rotatable bonds is 3. The lowest BCUT2D eigenvalue weighted by Crippen LogP contribution is -2.34. The molecule has 6 heteroatoms. The first-order valence-corrected chi connectivity index (χ1v) is 4.11. The minimum Gasteiger partial charge on any atom is -0.394 e. The van der Waals surface area contributed by atoms with Gasteiger partial charge in [0, 0.05) is 6.92 Å². The Kier molecular flexibility index (Phi) is 2.83. The highest BCUT2D eigenvalue weighted by Gasteiger charge is 2.30. The van der Waals surface area contributed by atoms with Gasteiger partial charge in [-0.25, -0.2) is 18.7 Å². The minimum atomic E-state index is -2.82. The van der Waals surface area contributed by atoms with Crippen molar-refractivity contribution >= 4 is 11.5 Å². The van der Waals surface area contributed by atoms with Crippen LogP contribution in [0.25, 0.3) is 0 Å². The smallest absolute Gasteiger partial charge is 0.264 e. The van der Waals surface area contributed by atoms with Crippen LogP contribution in [0.3, 0.4) is 0 Å². The molecule has 3 N–H and O–H groups in total. The zero-order chi connectivity index (χ0) is 10.8. The molecule has 1 heterocycles. The number of nitrogens with two attached hydrogens (primary N) is 1. The number of nitrogen functional groups attached to an aromatic ring is 1. The van der Waals surface area contributed by atoms with E-state index in [0.717, 1.165) is 6.92 Å². The molecule has 0 fully saturated rings. The molecule has 0 saturated heterocycles. The molecule has 1 rings (SSSR count). The van der Waals surface area contributed by atoms with E-state index in [9.17, 15) is 8.78 Å².